The van der Waals surface area contributed by atoms with Crippen LogP contribution in [-0.2, 0) is 12.8 Å². The topological polar surface area (TPSA) is 25.8 Å². The maximum atomic E-state index is 4.51. The fourth-order valence-corrected chi connectivity index (χ4v) is 7.13. The molecule has 0 N–H and O–H groups in total. The smallest absolute Gasteiger partial charge is 0.0631 e. The predicted molar refractivity (Wildman–Crippen MR) is 137 cm³/mol. The summed E-state index contributed by atoms with van der Waals surface area (Å²) in [5, 5.41) is 8.97. The second-order valence-electron chi connectivity index (χ2n) is 10.7. The Morgan fingerprint density at radius 2 is 1.32 bits per heavy atom. The predicted octanol–water partition coefficient (Wildman–Crippen LogP) is 8.71. The molecule has 0 aliphatic heterocycles. The van der Waals surface area contributed by atoms with Gasteiger partial charge in [-0.1, -0.05) is 94.0 Å². The van der Waals surface area contributed by atoms with Crippen molar-refractivity contribution in [2.24, 2.45) is 23.7 Å². The number of aryl methyl sites for hydroxylation is 2. The SMILES string of the molecule is CCCCCc1ccc(CCC2CCC(CC(Br)C3CCC(CCC)CC3)CC2)nn1. The molecule has 3 rings (SSSR count). The van der Waals surface area contributed by atoms with Crippen LogP contribution >= 0.6 is 15.9 Å². The number of unbranched alkanes of at least 4 members (excludes halogenated alkanes) is 2. The number of hydrogen-bond acceptors (Lipinski definition) is 2. The van der Waals surface area contributed by atoms with Crippen LogP contribution in [-0.4, -0.2) is 15.0 Å². The number of rotatable bonds is 12. The Hall–Kier alpha value is -0.440. The van der Waals surface area contributed by atoms with Crippen molar-refractivity contribution >= 4 is 15.9 Å². The molecule has 3 heteroatoms. The molecule has 2 aliphatic carbocycles. The number of nitrogens with zero attached hydrogens (tertiary/aromatic N) is 2. The zero-order valence-electron chi connectivity index (χ0n) is 20.3. The summed E-state index contributed by atoms with van der Waals surface area (Å²) in [5.41, 5.74) is 2.36. The van der Waals surface area contributed by atoms with Crippen molar-refractivity contribution in [1.29, 1.82) is 0 Å². The van der Waals surface area contributed by atoms with Crippen LogP contribution in [0.15, 0.2) is 12.1 Å². The molecule has 176 valence electrons. The first-order chi connectivity index (χ1) is 15.2. The molecule has 1 heterocycles. The van der Waals surface area contributed by atoms with Gasteiger partial charge in [0.15, 0.2) is 0 Å². The van der Waals surface area contributed by atoms with E-state index in [1.165, 1.54) is 108 Å². The highest BCUT2D eigenvalue weighted by molar-refractivity contribution is 9.09. The van der Waals surface area contributed by atoms with E-state index in [0.717, 1.165) is 41.3 Å². The fraction of sp³-hybridized carbons (Fsp3) is 0.857. The molecule has 2 saturated carbocycles. The molecule has 0 amide bonds. The lowest BCUT2D eigenvalue weighted by Gasteiger charge is -2.35. The Kier molecular flexibility index (Phi) is 11.3. The van der Waals surface area contributed by atoms with E-state index >= 15 is 0 Å². The summed E-state index contributed by atoms with van der Waals surface area (Å²) in [4.78, 5) is 0.766. The Bertz CT molecular complexity index is 586. The van der Waals surface area contributed by atoms with E-state index in [2.05, 4.69) is 52.1 Å². The van der Waals surface area contributed by atoms with Crippen LogP contribution in [0.2, 0.25) is 0 Å². The Labute approximate surface area is 200 Å². The third-order valence-corrected chi connectivity index (χ3v) is 9.37. The number of halogens is 1. The summed E-state index contributed by atoms with van der Waals surface area (Å²) in [5.74, 6) is 3.82. The summed E-state index contributed by atoms with van der Waals surface area (Å²) >= 11 is 4.12. The summed E-state index contributed by atoms with van der Waals surface area (Å²) in [6.07, 6.45) is 23.2. The van der Waals surface area contributed by atoms with E-state index < -0.39 is 0 Å². The minimum atomic E-state index is 0.766. The molecular formula is C28H47BrN2. The zero-order chi connectivity index (χ0) is 21.9. The van der Waals surface area contributed by atoms with Crippen LogP contribution in [0, 0.1) is 23.7 Å². The molecule has 0 radical (unpaired) electrons. The summed E-state index contributed by atoms with van der Waals surface area (Å²) in [6.45, 7) is 4.59. The van der Waals surface area contributed by atoms with Crippen LogP contribution in [0.4, 0.5) is 0 Å². The molecule has 1 aromatic rings. The lowest BCUT2D eigenvalue weighted by molar-refractivity contribution is 0.216. The highest BCUT2D eigenvalue weighted by Crippen LogP contribution is 2.41. The standard InChI is InChI=1S/C28H47BrN2/c1-3-5-6-8-26-19-20-27(31-30-26)18-15-23-9-11-24(12-10-23)21-28(29)25-16-13-22(7-4-2)14-17-25/h19-20,22-25,28H,3-18,21H2,1-2H3. The number of aromatic nitrogens is 2. The molecule has 0 spiro atoms. The first-order valence-corrected chi connectivity index (χ1v) is 14.5. The second kappa shape index (κ2) is 14.0. The van der Waals surface area contributed by atoms with E-state index in [1.807, 2.05) is 0 Å². The third-order valence-electron chi connectivity index (χ3n) is 8.24. The monoisotopic (exact) mass is 490 g/mol. The van der Waals surface area contributed by atoms with Crippen molar-refractivity contribution in [2.45, 2.75) is 128 Å². The van der Waals surface area contributed by atoms with Gasteiger partial charge in [-0.05, 0) is 80.8 Å². The average Bonchev–Trinajstić information content (AvgIpc) is 2.80. The van der Waals surface area contributed by atoms with Gasteiger partial charge in [-0.15, -0.1) is 0 Å². The van der Waals surface area contributed by atoms with Crippen LogP contribution in [0.3, 0.4) is 0 Å². The highest BCUT2D eigenvalue weighted by Gasteiger charge is 2.29. The Balaban J connectivity index is 1.30. The molecule has 1 aromatic heterocycles. The van der Waals surface area contributed by atoms with E-state index in [9.17, 15) is 0 Å². The first-order valence-electron chi connectivity index (χ1n) is 13.6. The maximum Gasteiger partial charge on any atom is 0.0631 e. The van der Waals surface area contributed by atoms with Gasteiger partial charge in [0, 0.05) is 4.83 Å². The van der Waals surface area contributed by atoms with Gasteiger partial charge in [0.25, 0.3) is 0 Å². The van der Waals surface area contributed by atoms with E-state index in [4.69, 9.17) is 0 Å². The summed E-state index contributed by atoms with van der Waals surface area (Å²) < 4.78 is 0. The van der Waals surface area contributed by atoms with Gasteiger partial charge >= 0.3 is 0 Å². The molecule has 1 atom stereocenters. The molecule has 0 aromatic carbocycles. The molecule has 2 aliphatic rings. The minimum Gasteiger partial charge on any atom is -0.155 e. The fourth-order valence-electron chi connectivity index (χ4n) is 6.08. The van der Waals surface area contributed by atoms with Gasteiger partial charge in [0.2, 0.25) is 0 Å². The average molecular weight is 492 g/mol. The van der Waals surface area contributed by atoms with Crippen molar-refractivity contribution < 1.29 is 0 Å². The van der Waals surface area contributed by atoms with Gasteiger partial charge in [-0.2, -0.15) is 10.2 Å². The van der Waals surface area contributed by atoms with Crippen molar-refractivity contribution in [3.05, 3.63) is 23.5 Å². The van der Waals surface area contributed by atoms with Gasteiger partial charge in [-0.3, -0.25) is 0 Å². The zero-order valence-corrected chi connectivity index (χ0v) is 21.9. The molecule has 0 saturated heterocycles. The molecule has 31 heavy (non-hydrogen) atoms. The van der Waals surface area contributed by atoms with E-state index in [1.54, 1.807) is 0 Å². The van der Waals surface area contributed by atoms with Gasteiger partial charge in [0.1, 0.15) is 0 Å². The number of alkyl halides is 1. The van der Waals surface area contributed by atoms with Gasteiger partial charge < -0.3 is 0 Å². The molecule has 1 unspecified atom stereocenters. The quantitative estimate of drug-likeness (QED) is 0.216. The lowest BCUT2D eigenvalue weighted by atomic mass is 9.74. The first kappa shape index (κ1) is 25.2. The van der Waals surface area contributed by atoms with Crippen molar-refractivity contribution in [3.63, 3.8) is 0 Å². The van der Waals surface area contributed by atoms with Gasteiger partial charge in [-0.25, -0.2) is 0 Å². The van der Waals surface area contributed by atoms with Crippen molar-refractivity contribution in [2.75, 3.05) is 0 Å². The van der Waals surface area contributed by atoms with E-state index in [0.29, 0.717) is 0 Å². The van der Waals surface area contributed by atoms with Crippen LogP contribution < -0.4 is 0 Å². The van der Waals surface area contributed by atoms with Crippen molar-refractivity contribution in [3.8, 4) is 0 Å². The van der Waals surface area contributed by atoms with Crippen LogP contribution in [0.5, 0.6) is 0 Å². The van der Waals surface area contributed by atoms with Gasteiger partial charge in [0.05, 0.1) is 11.4 Å². The lowest BCUT2D eigenvalue weighted by Crippen LogP contribution is -2.25. The Morgan fingerprint density at radius 1 is 0.742 bits per heavy atom. The molecule has 2 fully saturated rings. The Morgan fingerprint density at radius 3 is 1.94 bits per heavy atom. The number of hydrogen-bond donors (Lipinski definition) is 0. The van der Waals surface area contributed by atoms with Crippen LogP contribution in [0.25, 0.3) is 0 Å². The van der Waals surface area contributed by atoms with Crippen molar-refractivity contribution in [1.82, 2.24) is 10.2 Å². The van der Waals surface area contributed by atoms with E-state index in [-0.39, 0.29) is 0 Å². The summed E-state index contributed by atoms with van der Waals surface area (Å²) in [6, 6.07) is 4.44. The molecule has 2 nitrogen and oxygen atoms in total. The normalized spacial score (nSPS) is 27.8. The molecule has 0 bridgehead atoms. The second-order valence-corrected chi connectivity index (χ2v) is 11.9. The highest BCUT2D eigenvalue weighted by atomic mass is 79.9. The van der Waals surface area contributed by atoms with Crippen LogP contribution in [0.1, 0.15) is 122 Å². The minimum absolute atomic E-state index is 0.766. The molecular weight excluding hydrogens is 444 g/mol. The summed E-state index contributed by atoms with van der Waals surface area (Å²) in [7, 11) is 0. The third kappa shape index (κ3) is 8.78. The largest absolute Gasteiger partial charge is 0.155 e. The maximum absolute atomic E-state index is 4.51.